The molecule has 2 aromatic rings. The molecular formula is C28H36ClNO5S. The molecule has 0 saturated heterocycles. The van der Waals surface area contributed by atoms with E-state index < -0.39 is 18.2 Å². The Balaban J connectivity index is 1.97. The van der Waals surface area contributed by atoms with Gasteiger partial charge in [-0.15, -0.1) is 11.8 Å². The third-order valence-electron chi connectivity index (χ3n) is 5.44. The van der Waals surface area contributed by atoms with E-state index in [1.54, 1.807) is 0 Å². The van der Waals surface area contributed by atoms with Crippen molar-refractivity contribution >= 4 is 35.4 Å². The summed E-state index contributed by atoms with van der Waals surface area (Å²) in [6.45, 7) is 12.6. The predicted molar refractivity (Wildman–Crippen MR) is 146 cm³/mol. The molecule has 0 heterocycles. The van der Waals surface area contributed by atoms with Gasteiger partial charge in [0, 0.05) is 21.7 Å². The maximum Gasteiger partial charge on any atom is 0.407 e. The second-order valence-corrected chi connectivity index (χ2v) is 10.5. The second kappa shape index (κ2) is 15.5. The number of esters is 1. The lowest BCUT2D eigenvalue weighted by molar-refractivity contribution is -0.137. The van der Waals surface area contributed by atoms with Gasteiger partial charge in [0.1, 0.15) is 25.1 Å². The molecule has 2 aromatic carbocycles. The monoisotopic (exact) mass is 533 g/mol. The number of carbonyl (C=O) groups is 2. The summed E-state index contributed by atoms with van der Waals surface area (Å²) in [4.78, 5) is 24.4. The van der Waals surface area contributed by atoms with Crippen molar-refractivity contribution in [1.82, 2.24) is 5.32 Å². The average Bonchev–Trinajstić information content (AvgIpc) is 2.84. The molecule has 0 bridgehead atoms. The molecule has 8 heteroatoms. The van der Waals surface area contributed by atoms with Gasteiger partial charge in [0.15, 0.2) is 0 Å². The van der Waals surface area contributed by atoms with Crippen molar-refractivity contribution in [3.8, 4) is 5.75 Å². The molecular weight excluding hydrogens is 498 g/mol. The molecule has 0 saturated carbocycles. The van der Waals surface area contributed by atoms with Crippen LogP contribution in [0.15, 0.2) is 66.1 Å². The highest BCUT2D eigenvalue weighted by molar-refractivity contribution is 7.99. The summed E-state index contributed by atoms with van der Waals surface area (Å²) in [5, 5.41) is 3.24. The van der Waals surface area contributed by atoms with Crippen LogP contribution in [0.1, 0.15) is 39.2 Å². The lowest BCUT2D eigenvalue weighted by atomic mass is 9.80. The number of hydrogen-bond acceptors (Lipinski definition) is 6. The van der Waals surface area contributed by atoms with Crippen LogP contribution in [0.5, 0.6) is 5.75 Å². The second-order valence-electron chi connectivity index (χ2n) is 8.98. The van der Waals surface area contributed by atoms with E-state index in [1.807, 2.05) is 36.4 Å². The lowest BCUT2D eigenvalue weighted by Crippen LogP contribution is -2.35. The summed E-state index contributed by atoms with van der Waals surface area (Å²) in [6.07, 6.45) is -0.0555. The zero-order chi connectivity index (χ0) is 26.5. The molecule has 0 spiro atoms. The summed E-state index contributed by atoms with van der Waals surface area (Å²) in [7, 11) is 0. The van der Waals surface area contributed by atoms with E-state index in [4.69, 9.17) is 25.8 Å². The fraction of sp³-hybridized carbons (Fsp3) is 0.429. The Morgan fingerprint density at radius 3 is 2.25 bits per heavy atom. The standard InChI is InChI=1S/C28H36ClNO5S/c1-6-26(31)33-16-15-30-28(32)35-24(18-36-25-13-9-22(29)10-14-25)17-34-23-11-7-21(8-12-23)27(19(2)3)20(4)5/h6-14,19-20,24,27H,1,15-18H2,2-5H3,(H,30,32). The summed E-state index contributed by atoms with van der Waals surface area (Å²) >= 11 is 7.51. The normalized spacial score (nSPS) is 11.9. The van der Waals surface area contributed by atoms with Crippen molar-refractivity contribution in [3.63, 3.8) is 0 Å². The first-order valence-corrected chi connectivity index (χ1v) is 13.4. The Labute approximate surface area is 223 Å². The zero-order valence-corrected chi connectivity index (χ0v) is 22.9. The number of carbonyl (C=O) groups excluding carboxylic acids is 2. The molecule has 1 unspecified atom stereocenters. The quantitative estimate of drug-likeness (QED) is 0.126. The molecule has 0 aliphatic rings. The largest absolute Gasteiger partial charge is 0.490 e. The van der Waals surface area contributed by atoms with Crippen LogP contribution in [0.4, 0.5) is 4.79 Å². The maximum atomic E-state index is 12.3. The first-order valence-electron chi connectivity index (χ1n) is 12.0. The van der Waals surface area contributed by atoms with E-state index in [0.717, 1.165) is 11.0 Å². The number of amides is 1. The van der Waals surface area contributed by atoms with E-state index in [2.05, 4.69) is 51.7 Å². The van der Waals surface area contributed by atoms with Crippen LogP contribution in [-0.2, 0) is 14.3 Å². The first-order chi connectivity index (χ1) is 17.2. The molecule has 1 N–H and O–H groups in total. The van der Waals surface area contributed by atoms with Gasteiger partial charge < -0.3 is 19.5 Å². The van der Waals surface area contributed by atoms with Gasteiger partial charge >= 0.3 is 12.1 Å². The van der Waals surface area contributed by atoms with E-state index in [-0.39, 0.29) is 19.8 Å². The van der Waals surface area contributed by atoms with E-state index in [0.29, 0.717) is 34.3 Å². The minimum atomic E-state index is -0.609. The van der Waals surface area contributed by atoms with Gasteiger partial charge in [-0.2, -0.15) is 0 Å². The summed E-state index contributed by atoms with van der Waals surface area (Å²) in [6, 6.07) is 15.6. The van der Waals surface area contributed by atoms with Crippen molar-refractivity contribution in [2.75, 3.05) is 25.5 Å². The van der Waals surface area contributed by atoms with Crippen molar-refractivity contribution < 1.29 is 23.8 Å². The maximum absolute atomic E-state index is 12.3. The van der Waals surface area contributed by atoms with Gasteiger partial charge in [-0.05, 0) is 59.7 Å². The Kier molecular flexibility index (Phi) is 12.7. The molecule has 196 valence electrons. The minimum Gasteiger partial charge on any atom is -0.490 e. The molecule has 0 radical (unpaired) electrons. The summed E-state index contributed by atoms with van der Waals surface area (Å²) < 4.78 is 16.4. The van der Waals surface area contributed by atoms with Crippen LogP contribution in [0.2, 0.25) is 5.02 Å². The van der Waals surface area contributed by atoms with Crippen LogP contribution in [-0.4, -0.2) is 43.7 Å². The lowest BCUT2D eigenvalue weighted by Gasteiger charge is -2.25. The number of halogens is 1. The Morgan fingerprint density at radius 2 is 1.67 bits per heavy atom. The van der Waals surface area contributed by atoms with E-state index >= 15 is 0 Å². The molecule has 0 aliphatic heterocycles. The molecule has 0 aliphatic carbocycles. The third-order valence-corrected chi connectivity index (χ3v) is 6.84. The number of thioether (sulfide) groups is 1. The highest BCUT2D eigenvalue weighted by Crippen LogP contribution is 2.32. The molecule has 2 rings (SSSR count). The Hall–Kier alpha value is -2.64. The van der Waals surface area contributed by atoms with Crippen LogP contribution in [0.25, 0.3) is 0 Å². The topological polar surface area (TPSA) is 73.9 Å². The van der Waals surface area contributed by atoms with Crippen molar-refractivity contribution in [1.29, 1.82) is 0 Å². The number of rotatable bonds is 14. The number of benzene rings is 2. The highest BCUT2D eigenvalue weighted by Gasteiger charge is 2.20. The molecule has 1 atom stereocenters. The summed E-state index contributed by atoms with van der Waals surface area (Å²) in [5.41, 5.74) is 1.29. The van der Waals surface area contributed by atoms with Crippen LogP contribution >= 0.6 is 23.4 Å². The van der Waals surface area contributed by atoms with Gasteiger partial charge in [0.25, 0.3) is 0 Å². The van der Waals surface area contributed by atoms with Crippen molar-refractivity contribution in [3.05, 3.63) is 71.8 Å². The van der Waals surface area contributed by atoms with Gasteiger partial charge in [-0.25, -0.2) is 9.59 Å². The van der Waals surface area contributed by atoms with Gasteiger partial charge in [0.05, 0.1) is 6.54 Å². The fourth-order valence-electron chi connectivity index (χ4n) is 3.91. The van der Waals surface area contributed by atoms with E-state index in [1.165, 1.54) is 17.3 Å². The molecule has 6 nitrogen and oxygen atoms in total. The molecule has 0 fully saturated rings. The predicted octanol–water partition coefficient (Wildman–Crippen LogP) is 6.73. The van der Waals surface area contributed by atoms with Gasteiger partial charge in [0.2, 0.25) is 0 Å². The van der Waals surface area contributed by atoms with Crippen LogP contribution in [0, 0.1) is 11.8 Å². The van der Waals surface area contributed by atoms with Crippen molar-refractivity contribution in [2.24, 2.45) is 11.8 Å². The Bertz CT molecular complexity index is 955. The van der Waals surface area contributed by atoms with E-state index in [9.17, 15) is 9.59 Å². The van der Waals surface area contributed by atoms with Crippen LogP contribution < -0.4 is 10.1 Å². The molecule has 36 heavy (non-hydrogen) atoms. The van der Waals surface area contributed by atoms with Gasteiger partial charge in [-0.3, -0.25) is 0 Å². The molecule has 1 amide bonds. The third kappa shape index (κ3) is 10.5. The fourth-order valence-corrected chi connectivity index (χ4v) is 4.91. The number of nitrogens with one attached hydrogen (secondary N) is 1. The number of alkyl carbamates (subject to hydrolysis) is 1. The van der Waals surface area contributed by atoms with Gasteiger partial charge in [-0.1, -0.05) is 58.0 Å². The molecule has 0 aromatic heterocycles. The number of hydrogen-bond donors (Lipinski definition) is 1. The zero-order valence-electron chi connectivity index (χ0n) is 21.4. The minimum absolute atomic E-state index is 0.0285. The highest BCUT2D eigenvalue weighted by atomic mass is 35.5. The smallest absolute Gasteiger partial charge is 0.407 e. The van der Waals surface area contributed by atoms with Crippen molar-refractivity contribution in [2.45, 2.75) is 44.6 Å². The number of ether oxygens (including phenoxy) is 3. The Morgan fingerprint density at radius 1 is 1.03 bits per heavy atom. The summed E-state index contributed by atoms with van der Waals surface area (Å²) in [5.74, 6) is 2.21. The first kappa shape index (κ1) is 29.6. The average molecular weight is 534 g/mol. The SMILES string of the molecule is C=CC(=O)OCCNC(=O)OC(COc1ccc(C(C(C)C)C(C)C)cc1)CSc1ccc(Cl)cc1. The van der Waals surface area contributed by atoms with Crippen LogP contribution in [0.3, 0.4) is 0 Å².